The number of carboxylic acids is 1. The number of nitrogens with one attached hydrogen (secondary N) is 1. The van der Waals surface area contributed by atoms with Gasteiger partial charge in [-0.2, -0.15) is 0 Å². The lowest BCUT2D eigenvalue weighted by molar-refractivity contribution is -0.138. The lowest BCUT2D eigenvalue weighted by Gasteiger charge is -2.23. The van der Waals surface area contributed by atoms with E-state index in [-0.39, 0.29) is 18.9 Å². The number of primary amides is 1. The molecular formula is C39H54N4O10. The number of aromatic nitrogens is 1. The van der Waals surface area contributed by atoms with Crippen LogP contribution in [0.2, 0.25) is 0 Å². The van der Waals surface area contributed by atoms with E-state index < -0.39 is 11.9 Å². The maximum Gasteiger partial charge on any atom is 0.305 e. The lowest BCUT2D eigenvalue weighted by atomic mass is 10.0. The standard InChI is InChI=1S/C39H54N4O10/c1-3-43(4-2)33-10-11-35(34(29-33)36-28-31(38(40)46)12-14-41-36)42-39(47)32-9-5-7-30(27-32)8-6-15-48-17-19-50-21-23-52-25-26-53-24-22-51-20-18-49-16-13-37(44)45/h5,7,9-12,14,27-29H,3-4,6,8,13,15-26H2,1-2H3,(H2,40,46)(H,42,47)(H,44,45). The van der Waals surface area contributed by atoms with Crippen LogP contribution < -0.4 is 16.0 Å². The highest BCUT2D eigenvalue weighted by Gasteiger charge is 2.16. The van der Waals surface area contributed by atoms with Crippen molar-refractivity contribution in [2.24, 2.45) is 5.73 Å². The molecule has 1 heterocycles. The van der Waals surface area contributed by atoms with E-state index in [1.54, 1.807) is 18.2 Å². The Morgan fingerprint density at radius 2 is 1.30 bits per heavy atom. The number of aryl methyl sites for hydroxylation is 1. The number of nitrogens with zero attached hydrogens (tertiary/aromatic N) is 2. The first-order chi connectivity index (χ1) is 25.8. The Labute approximate surface area is 311 Å². The number of carbonyl (C=O) groups is 3. The highest BCUT2D eigenvalue weighted by atomic mass is 16.6. The summed E-state index contributed by atoms with van der Waals surface area (Å²) >= 11 is 0. The van der Waals surface area contributed by atoms with E-state index in [4.69, 9.17) is 39.3 Å². The minimum Gasteiger partial charge on any atom is -0.481 e. The average molecular weight is 739 g/mol. The number of amides is 2. The zero-order valence-corrected chi connectivity index (χ0v) is 30.9. The van der Waals surface area contributed by atoms with Gasteiger partial charge in [-0.05, 0) is 74.7 Å². The van der Waals surface area contributed by atoms with Crippen molar-refractivity contribution in [3.8, 4) is 11.3 Å². The third-order valence-corrected chi connectivity index (χ3v) is 7.96. The number of rotatable bonds is 29. The van der Waals surface area contributed by atoms with E-state index in [1.807, 2.05) is 36.4 Å². The van der Waals surface area contributed by atoms with Crippen LogP contribution in [0.3, 0.4) is 0 Å². The summed E-state index contributed by atoms with van der Waals surface area (Å²) in [5, 5.41) is 11.6. The highest BCUT2D eigenvalue weighted by Crippen LogP contribution is 2.32. The molecule has 0 atom stereocenters. The van der Waals surface area contributed by atoms with Crippen molar-refractivity contribution in [1.82, 2.24) is 4.98 Å². The van der Waals surface area contributed by atoms with Gasteiger partial charge in [0.15, 0.2) is 0 Å². The zero-order chi connectivity index (χ0) is 38.1. The molecule has 0 bridgehead atoms. The first-order valence-electron chi connectivity index (χ1n) is 18.1. The molecule has 2 aromatic carbocycles. The van der Waals surface area contributed by atoms with Crippen LogP contribution in [-0.4, -0.2) is 120 Å². The fraction of sp³-hybridized carbons (Fsp3) is 0.487. The molecule has 3 aromatic rings. The van der Waals surface area contributed by atoms with Gasteiger partial charge in [0.1, 0.15) is 0 Å². The molecule has 0 radical (unpaired) electrons. The van der Waals surface area contributed by atoms with Gasteiger partial charge < -0.3 is 49.5 Å². The van der Waals surface area contributed by atoms with E-state index in [0.29, 0.717) is 101 Å². The molecule has 0 unspecified atom stereocenters. The summed E-state index contributed by atoms with van der Waals surface area (Å²) < 4.78 is 32.7. The smallest absolute Gasteiger partial charge is 0.305 e. The molecule has 0 spiro atoms. The second-order valence-electron chi connectivity index (χ2n) is 11.8. The normalized spacial score (nSPS) is 11.1. The van der Waals surface area contributed by atoms with E-state index in [1.165, 1.54) is 6.20 Å². The van der Waals surface area contributed by atoms with Crippen molar-refractivity contribution in [2.75, 3.05) is 103 Å². The summed E-state index contributed by atoms with van der Waals surface area (Å²) in [6.07, 6.45) is 3.07. The second-order valence-corrected chi connectivity index (χ2v) is 11.8. The third kappa shape index (κ3) is 16.8. The number of aliphatic carboxylic acids is 1. The molecule has 0 saturated carbocycles. The summed E-state index contributed by atoms with van der Waals surface area (Å²) in [5.41, 5.74) is 10.2. The first-order valence-corrected chi connectivity index (χ1v) is 18.1. The number of hydrogen-bond donors (Lipinski definition) is 3. The lowest BCUT2D eigenvalue weighted by Crippen LogP contribution is -2.22. The number of pyridine rings is 1. The second kappa shape index (κ2) is 25.5. The summed E-state index contributed by atoms with van der Waals surface area (Å²) in [7, 11) is 0. The molecule has 0 saturated heterocycles. The van der Waals surface area contributed by atoms with Crippen LogP contribution in [0.25, 0.3) is 11.3 Å². The fourth-order valence-electron chi connectivity index (χ4n) is 5.17. The van der Waals surface area contributed by atoms with Gasteiger partial charge in [0.2, 0.25) is 5.91 Å². The zero-order valence-electron chi connectivity index (χ0n) is 30.9. The molecule has 0 aliphatic rings. The van der Waals surface area contributed by atoms with Gasteiger partial charge in [-0.3, -0.25) is 19.4 Å². The summed E-state index contributed by atoms with van der Waals surface area (Å²) in [6, 6.07) is 16.5. The van der Waals surface area contributed by atoms with Crippen molar-refractivity contribution in [3.63, 3.8) is 0 Å². The van der Waals surface area contributed by atoms with Crippen molar-refractivity contribution in [1.29, 1.82) is 0 Å². The number of benzene rings is 2. The number of ether oxygens (including phenoxy) is 6. The first kappa shape index (κ1) is 43.0. The predicted octanol–water partition coefficient (Wildman–Crippen LogP) is 4.45. The minimum atomic E-state index is -0.882. The van der Waals surface area contributed by atoms with Gasteiger partial charge in [0.05, 0.1) is 90.5 Å². The van der Waals surface area contributed by atoms with Crippen LogP contribution >= 0.6 is 0 Å². The van der Waals surface area contributed by atoms with E-state index in [2.05, 4.69) is 29.0 Å². The van der Waals surface area contributed by atoms with E-state index in [0.717, 1.165) is 37.2 Å². The predicted molar refractivity (Wildman–Crippen MR) is 202 cm³/mol. The molecule has 4 N–H and O–H groups in total. The monoisotopic (exact) mass is 738 g/mol. The van der Waals surface area contributed by atoms with Crippen LogP contribution in [0.15, 0.2) is 60.8 Å². The maximum absolute atomic E-state index is 13.4. The molecule has 14 nitrogen and oxygen atoms in total. The Morgan fingerprint density at radius 1 is 0.717 bits per heavy atom. The molecule has 3 rings (SSSR count). The molecule has 290 valence electrons. The van der Waals surface area contributed by atoms with Crippen molar-refractivity contribution in [2.45, 2.75) is 33.1 Å². The topological polar surface area (TPSA) is 181 Å². The van der Waals surface area contributed by atoms with Crippen LogP contribution in [0.4, 0.5) is 11.4 Å². The number of anilines is 2. The third-order valence-electron chi connectivity index (χ3n) is 7.96. The van der Waals surface area contributed by atoms with E-state index in [9.17, 15) is 14.4 Å². The quantitative estimate of drug-likeness (QED) is 0.0853. The molecule has 1 aromatic heterocycles. The van der Waals surface area contributed by atoms with Gasteiger partial charge in [-0.25, -0.2) is 0 Å². The number of carbonyl (C=O) groups excluding carboxylic acids is 2. The number of hydrogen-bond acceptors (Lipinski definition) is 11. The molecule has 2 amide bonds. The summed E-state index contributed by atoms with van der Waals surface area (Å²) in [6.45, 7) is 10.9. The number of nitrogens with two attached hydrogens (primary N) is 1. The Morgan fingerprint density at radius 3 is 1.87 bits per heavy atom. The van der Waals surface area contributed by atoms with E-state index >= 15 is 0 Å². The Hall–Kier alpha value is -4.44. The Balaban J connectivity index is 1.31. The number of carboxylic acid groups (broad SMARTS) is 1. The van der Waals surface area contributed by atoms with Crippen molar-refractivity contribution in [3.05, 3.63) is 77.5 Å². The summed E-state index contributed by atoms with van der Waals surface area (Å²) in [4.78, 5) is 42.4. The molecular weight excluding hydrogens is 684 g/mol. The van der Waals surface area contributed by atoms with Gasteiger partial charge in [-0.1, -0.05) is 12.1 Å². The van der Waals surface area contributed by atoms with Crippen molar-refractivity contribution < 1.29 is 47.9 Å². The van der Waals surface area contributed by atoms with Gasteiger partial charge in [-0.15, -0.1) is 0 Å². The Bertz CT molecular complexity index is 1540. The molecule has 53 heavy (non-hydrogen) atoms. The SMILES string of the molecule is CCN(CC)c1ccc(NC(=O)c2cccc(CCCOCCOCCOCCOCCOCCOCCC(=O)O)c2)c(-c2cc(C(N)=O)ccn2)c1. The van der Waals surface area contributed by atoms with Gasteiger partial charge in [0, 0.05) is 48.3 Å². The van der Waals surface area contributed by atoms with Crippen LogP contribution in [0.5, 0.6) is 0 Å². The van der Waals surface area contributed by atoms with Crippen LogP contribution in [0.1, 0.15) is 53.0 Å². The Kier molecular flexibility index (Phi) is 20.7. The largest absolute Gasteiger partial charge is 0.481 e. The minimum absolute atomic E-state index is 0.0133. The molecule has 0 fully saturated rings. The fourth-order valence-corrected chi connectivity index (χ4v) is 5.17. The highest BCUT2D eigenvalue weighted by molar-refractivity contribution is 6.06. The van der Waals surface area contributed by atoms with Crippen LogP contribution in [-0.2, 0) is 39.6 Å². The molecule has 0 aliphatic carbocycles. The molecule has 0 aliphatic heterocycles. The van der Waals surface area contributed by atoms with Crippen molar-refractivity contribution >= 4 is 29.2 Å². The van der Waals surface area contributed by atoms with Crippen LogP contribution in [0, 0.1) is 0 Å². The average Bonchev–Trinajstić information content (AvgIpc) is 3.16. The van der Waals surface area contributed by atoms with Gasteiger partial charge in [0.25, 0.3) is 5.91 Å². The summed E-state index contributed by atoms with van der Waals surface area (Å²) in [5.74, 6) is -1.68. The molecule has 14 heteroatoms. The maximum atomic E-state index is 13.4. The van der Waals surface area contributed by atoms with Gasteiger partial charge >= 0.3 is 5.97 Å².